The summed E-state index contributed by atoms with van der Waals surface area (Å²) in [6.07, 6.45) is 71.4. The van der Waals surface area contributed by atoms with Crippen LogP contribution in [0.4, 0.5) is 0 Å². The van der Waals surface area contributed by atoms with E-state index < -0.39 is 20.0 Å². The molecule has 0 fully saturated rings. The van der Waals surface area contributed by atoms with Crippen molar-refractivity contribution < 1.29 is 32.9 Å². The summed E-state index contributed by atoms with van der Waals surface area (Å²) in [4.78, 5) is 23.3. The highest BCUT2D eigenvalue weighted by molar-refractivity contribution is 7.47. The van der Waals surface area contributed by atoms with Gasteiger partial charge in [-0.3, -0.25) is 13.8 Å². The average Bonchev–Trinajstić information content (AvgIpc) is 3.32. The summed E-state index contributed by atoms with van der Waals surface area (Å²) in [5.41, 5.74) is 0. The summed E-state index contributed by atoms with van der Waals surface area (Å²) in [5, 5.41) is 14.0. The maximum atomic E-state index is 12.9. The van der Waals surface area contributed by atoms with E-state index in [9.17, 15) is 19.4 Å². The van der Waals surface area contributed by atoms with E-state index in [0.29, 0.717) is 23.9 Å². The molecule has 0 aliphatic carbocycles. The number of aliphatic hydroxyl groups excluding tert-OH is 1. The molecule has 0 saturated carbocycles. The van der Waals surface area contributed by atoms with Crippen LogP contribution in [0.2, 0.25) is 0 Å². The molecular formula is C61H114N2O6P+. The number of phosphoric acid groups is 1. The van der Waals surface area contributed by atoms with Gasteiger partial charge in [-0.2, -0.15) is 0 Å². The van der Waals surface area contributed by atoms with Crippen molar-refractivity contribution in [2.75, 3.05) is 40.9 Å². The number of carbonyl (C=O) groups excluding carboxylic acids is 1. The molecule has 3 N–H and O–H groups in total. The number of nitrogens with zero attached hydrogens (tertiary/aromatic N) is 1. The molecular weight excluding hydrogens is 888 g/mol. The molecule has 70 heavy (non-hydrogen) atoms. The van der Waals surface area contributed by atoms with Crippen LogP contribution in [0.1, 0.15) is 258 Å². The van der Waals surface area contributed by atoms with Gasteiger partial charge in [0.05, 0.1) is 39.9 Å². The van der Waals surface area contributed by atoms with E-state index in [1.54, 1.807) is 0 Å². The second kappa shape index (κ2) is 51.8. The van der Waals surface area contributed by atoms with Gasteiger partial charge in [-0.25, -0.2) is 4.57 Å². The van der Waals surface area contributed by atoms with Crippen LogP contribution in [0.15, 0.2) is 72.9 Å². The third-order valence-corrected chi connectivity index (χ3v) is 14.0. The van der Waals surface area contributed by atoms with Crippen LogP contribution in [0, 0.1) is 0 Å². The SMILES string of the molecule is CC/C=C\C/C=C\C/C=C\C/C=C\C/C=C\C/C=C\CCC(=O)NC(COP(=O)(O)OCC[N+](C)(C)C)C(O)CCCCCCCCCCCCCCCCCCCCCCCCCCCCCCC. The Labute approximate surface area is 434 Å². The smallest absolute Gasteiger partial charge is 0.391 e. The molecule has 0 heterocycles. The molecule has 0 aromatic carbocycles. The summed E-state index contributed by atoms with van der Waals surface area (Å²) in [6, 6.07) is -0.806. The van der Waals surface area contributed by atoms with E-state index in [4.69, 9.17) is 9.05 Å². The van der Waals surface area contributed by atoms with Crippen molar-refractivity contribution in [1.29, 1.82) is 0 Å². The van der Waals surface area contributed by atoms with Gasteiger partial charge in [0.25, 0.3) is 0 Å². The quantitative estimate of drug-likeness (QED) is 0.0243. The van der Waals surface area contributed by atoms with Gasteiger partial charge < -0.3 is 19.8 Å². The lowest BCUT2D eigenvalue weighted by atomic mass is 10.0. The summed E-state index contributed by atoms with van der Waals surface area (Å²) in [6.45, 7) is 4.73. The first-order valence-electron chi connectivity index (χ1n) is 29.3. The molecule has 3 atom stereocenters. The van der Waals surface area contributed by atoms with E-state index >= 15 is 0 Å². The predicted molar refractivity (Wildman–Crippen MR) is 304 cm³/mol. The van der Waals surface area contributed by atoms with Crippen molar-refractivity contribution in [3.05, 3.63) is 72.9 Å². The lowest BCUT2D eigenvalue weighted by Gasteiger charge is -2.26. The first-order chi connectivity index (χ1) is 34.0. The Bertz CT molecular complexity index is 1370. The molecule has 0 spiro atoms. The van der Waals surface area contributed by atoms with Crippen LogP contribution in [0.5, 0.6) is 0 Å². The zero-order valence-electron chi connectivity index (χ0n) is 46.5. The first-order valence-corrected chi connectivity index (χ1v) is 30.8. The van der Waals surface area contributed by atoms with Crippen molar-refractivity contribution in [3.63, 3.8) is 0 Å². The standard InChI is InChI=1S/C61H113N2O6P/c1-6-8-10-12-14-16-18-20-22-24-26-27-28-29-30-31-32-33-34-35-37-38-40-42-44-46-48-50-52-54-60(64)59(58-69-70(66,67)68-57-56-63(3,4)5)62-61(65)55-53-51-49-47-45-43-41-39-36-25-23-21-19-17-15-13-11-9-7-2/h9,11,15,17,21,23,36,39,43,45,49,51,59-60,64H,6-8,10,12-14,16,18-20,22,24-35,37-38,40-42,44,46-48,50,52-58H2,1-5H3,(H-,62,65,66,67)/p+1/b11-9-,17-15-,23-21-,39-36-,45-43-,51-49-. The number of phosphoric ester groups is 1. The highest BCUT2D eigenvalue weighted by Gasteiger charge is 2.28. The van der Waals surface area contributed by atoms with Gasteiger partial charge in [0.1, 0.15) is 13.2 Å². The highest BCUT2D eigenvalue weighted by atomic mass is 31.2. The number of hydrogen-bond donors (Lipinski definition) is 3. The number of nitrogens with one attached hydrogen (secondary N) is 1. The molecule has 8 nitrogen and oxygen atoms in total. The van der Waals surface area contributed by atoms with Crippen molar-refractivity contribution in [2.24, 2.45) is 0 Å². The molecule has 0 saturated heterocycles. The Kier molecular flexibility index (Phi) is 50.3. The zero-order chi connectivity index (χ0) is 51.3. The van der Waals surface area contributed by atoms with Gasteiger partial charge in [-0.1, -0.05) is 273 Å². The minimum atomic E-state index is -4.35. The van der Waals surface area contributed by atoms with Crippen molar-refractivity contribution in [1.82, 2.24) is 5.32 Å². The Morgan fingerprint density at radius 1 is 0.500 bits per heavy atom. The highest BCUT2D eigenvalue weighted by Crippen LogP contribution is 2.43. The van der Waals surface area contributed by atoms with E-state index in [1.165, 1.54) is 167 Å². The molecule has 3 unspecified atom stereocenters. The minimum absolute atomic E-state index is 0.0580. The van der Waals surface area contributed by atoms with Gasteiger partial charge in [0, 0.05) is 6.42 Å². The van der Waals surface area contributed by atoms with Crippen LogP contribution < -0.4 is 5.32 Å². The van der Waals surface area contributed by atoms with E-state index in [1.807, 2.05) is 27.2 Å². The fraction of sp³-hybridized carbons (Fsp3) is 0.787. The predicted octanol–water partition coefficient (Wildman–Crippen LogP) is 17.9. The van der Waals surface area contributed by atoms with Crippen LogP contribution in [0.25, 0.3) is 0 Å². The Morgan fingerprint density at radius 2 is 0.829 bits per heavy atom. The fourth-order valence-electron chi connectivity index (χ4n) is 8.42. The minimum Gasteiger partial charge on any atom is -0.391 e. The maximum Gasteiger partial charge on any atom is 0.472 e. The first kappa shape index (κ1) is 67.9. The Morgan fingerprint density at radius 3 is 1.17 bits per heavy atom. The van der Waals surface area contributed by atoms with Crippen LogP contribution in [-0.2, 0) is 18.4 Å². The lowest BCUT2D eigenvalue weighted by Crippen LogP contribution is -2.46. The second-order valence-corrected chi connectivity index (χ2v) is 22.4. The number of allylic oxidation sites excluding steroid dienone is 12. The molecule has 0 aliphatic rings. The van der Waals surface area contributed by atoms with Crippen molar-refractivity contribution in [3.8, 4) is 0 Å². The number of aliphatic hydroxyl groups is 1. The molecule has 0 aromatic heterocycles. The van der Waals surface area contributed by atoms with Crippen LogP contribution >= 0.6 is 7.82 Å². The lowest BCUT2D eigenvalue weighted by molar-refractivity contribution is -0.870. The molecule has 0 radical (unpaired) electrons. The van der Waals surface area contributed by atoms with Gasteiger partial charge in [0.15, 0.2) is 0 Å². The maximum absolute atomic E-state index is 12.9. The molecule has 408 valence electrons. The van der Waals surface area contributed by atoms with Crippen molar-refractivity contribution in [2.45, 2.75) is 270 Å². The largest absolute Gasteiger partial charge is 0.472 e. The average molecular weight is 1000 g/mol. The Balaban J connectivity index is 4.20. The Hall–Kier alpha value is -2.06. The summed E-state index contributed by atoms with van der Waals surface area (Å²) < 4.78 is 23.7. The number of amides is 1. The molecule has 0 rings (SSSR count). The number of carbonyl (C=O) groups is 1. The van der Waals surface area contributed by atoms with Gasteiger partial charge in [-0.05, 0) is 51.4 Å². The second-order valence-electron chi connectivity index (χ2n) is 21.0. The molecule has 1 amide bonds. The zero-order valence-corrected chi connectivity index (χ0v) is 47.4. The monoisotopic (exact) mass is 1000 g/mol. The number of likely N-dealkylation sites (N-methyl/N-ethyl adjacent to an activating group) is 1. The number of unbranched alkanes of at least 4 members (excludes halogenated alkanes) is 28. The van der Waals surface area contributed by atoms with Gasteiger partial charge in [-0.15, -0.1) is 0 Å². The summed E-state index contributed by atoms with van der Waals surface area (Å²) >= 11 is 0. The van der Waals surface area contributed by atoms with Crippen molar-refractivity contribution >= 4 is 13.7 Å². The molecule has 0 aliphatic heterocycles. The van der Waals surface area contributed by atoms with E-state index in [2.05, 4.69) is 86.0 Å². The molecule has 0 aromatic rings. The third kappa shape index (κ3) is 53.7. The summed E-state index contributed by atoms with van der Waals surface area (Å²) in [7, 11) is 1.57. The van der Waals surface area contributed by atoms with Crippen LogP contribution in [-0.4, -0.2) is 73.4 Å². The molecule has 0 bridgehead atoms. The summed E-state index contributed by atoms with van der Waals surface area (Å²) in [5.74, 6) is -0.225. The topological polar surface area (TPSA) is 105 Å². The number of quaternary nitrogens is 1. The van der Waals surface area contributed by atoms with Gasteiger partial charge >= 0.3 is 7.82 Å². The normalized spacial score (nSPS) is 14.4. The van der Waals surface area contributed by atoms with Gasteiger partial charge in [0.2, 0.25) is 5.91 Å². The molecule has 9 heteroatoms. The van der Waals surface area contributed by atoms with Crippen LogP contribution in [0.3, 0.4) is 0 Å². The number of hydrogen-bond acceptors (Lipinski definition) is 5. The number of rotatable bonds is 53. The third-order valence-electron chi connectivity index (χ3n) is 13.0. The van der Waals surface area contributed by atoms with E-state index in [-0.39, 0.29) is 25.5 Å². The van der Waals surface area contributed by atoms with E-state index in [0.717, 1.165) is 57.8 Å². The fourth-order valence-corrected chi connectivity index (χ4v) is 9.16.